The van der Waals surface area contributed by atoms with Gasteiger partial charge in [0.15, 0.2) is 0 Å². The molecule has 0 unspecified atom stereocenters. The van der Waals surface area contributed by atoms with Gasteiger partial charge in [-0.25, -0.2) is 0 Å². The fourth-order valence-electron chi connectivity index (χ4n) is 2.54. The van der Waals surface area contributed by atoms with Crippen LogP contribution in [0.4, 0.5) is 5.69 Å². The molecule has 1 fully saturated rings. The third kappa shape index (κ3) is 4.38. The van der Waals surface area contributed by atoms with Gasteiger partial charge >= 0.3 is 0 Å². The van der Waals surface area contributed by atoms with Crippen molar-refractivity contribution >= 4 is 17.5 Å². The number of anilines is 1. The van der Waals surface area contributed by atoms with Crippen molar-refractivity contribution in [2.75, 3.05) is 12.4 Å². The summed E-state index contributed by atoms with van der Waals surface area (Å²) in [7, 11) is 1.59. The number of aryl methyl sites for hydroxylation is 1. The first-order chi connectivity index (χ1) is 12.1. The SMILES string of the molecule is COc1cc(C(=O)NCc2ccc(NC(=O)C3CC3)cc2)ccc1C. The minimum absolute atomic E-state index is 0.0920. The predicted octanol–water partition coefficient (Wildman–Crippen LogP) is 3.28. The van der Waals surface area contributed by atoms with Crippen molar-refractivity contribution in [3.05, 3.63) is 59.2 Å². The van der Waals surface area contributed by atoms with E-state index in [2.05, 4.69) is 10.6 Å². The number of carbonyl (C=O) groups excluding carboxylic acids is 2. The number of hydrogen-bond donors (Lipinski definition) is 2. The normalized spacial score (nSPS) is 13.2. The van der Waals surface area contributed by atoms with E-state index in [1.165, 1.54) is 0 Å². The van der Waals surface area contributed by atoms with Crippen LogP contribution in [0.5, 0.6) is 5.75 Å². The third-order valence-electron chi connectivity index (χ3n) is 4.29. The van der Waals surface area contributed by atoms with Crippen molar-refractivity contribution in [3.63, 3.8) is 0 Å². The van der Waals surface area contributed by atoms with Crippen LogP contribution in [0.2, 0.25) is 0 Å². The fourth-order valence-corrected chi connectivity index (χ4v) is 2.54. The molecule has 1 aliphatic rings. The molecule has 1 aliphatic carbocycles. The topological polar surface area (TPSA) is 67.4 Å². The molecule has 2 N–H and O–H groups in total. The van der Waals surface area contributed by atoms with Crippen LogP contribution in [-0.2, 0) is 11.3 Å². The maximum Gasteiger partial charge on any atom is 0.251 e. The van der Waals surface area contributed by atoms with Crippen LogP contribution >= 0.6 is 0 Å². The smallest absolute Gasteiger partial charge is 0.251 e. The zero-order valence-electron chi connectivity index (χ0n) is 14.5. The number of methoxy groups -OCH3 is 1. The van der Waals surface area contributed by atoms with Gasteiger partial charge in [0.25, 0.3) is 5.91 Å². The Morgan fingerprint density at radius 1 is 1.12 bits per heavy atom. The summed E-state index contributed by atoms with van der Waals surface area (Å²) in [4.78, 5) is 24.0. The summed E-state index contributed by atoms with van der Waals surface area (Å²) in [5.41, 5.74) is 3.31. The molecular weight excluding hydrogens is 316 g/mol. The first-order valence-corrected chi connectivity index (χ1v) is 8.39. The van der Waals surface area contributed by atoms with E-state index in [1.54, 1.807) is 19.2 Å². The number of hydrogen-bond acceptors (Lipinski definition) is 3. The Hall–Kier alpha value is -2.82. The van der Waals surface area contributed by atoms with Gasteiger partial charge in [-0.3, -0.25) is 9.59 Å². The van der Waals surface area contributed by atoms with Gasteiger partial charge in [-0.05, 0) is 55.2 Å². The van der Waals surface area contributed by atoms with E-state index in [9.17, 15) is 9.59 Å². The van der Waals surface area contributed by atoms with Crippen molar-refractivity contribution in [1.82, 2.24) is 5.32 Å². The summed E-state index contributed by atoms with van der Waals surface area (Å²) in [6.45, 7) is 2.36. The fraction of sp³-hybridized carbons (Fsp3) is 0.300. The lowest BCUT2D eigenvalue weighted by molar-refractivity contribution is -0.117. The first-order valence-electron chi connectivity index (χ1n) is 8.39. The molecule has 5 nitrogen and oxygen atoms in total. The van der Waals surface area contributed by atoms with Gasteiger partial charge in [0, 0.05) is 23.7 Å². The molecule has 25 heavy (non-hydrogen) atoms. The molecule has 2 aromatic rings. The van der Waals surface area contributed by atoms with Crippen molar-refractivity contribution in [3.8, 4) is 5.75 Å². The van der Waals surface area contributed by atoms with Crippen molar-refractivity contribution in [1.29, 1.82) is 0 Å². The molecule has 130 valence electrons. The van der Waals surface area contributed by atoms with Crippen LogP contribution in [0.25, 0.3) is 0 Å². The number of nitrogens with one attached hydrogen (secondary N) is 2. The van der Waals surface area contributed by atoms with Crippen molar-refractivity contribution in [2.24, 2.45) is 5.92 Å². The second-order valence-electron chi connectivity index (χ2n) is 6.33. The highest BCUT2D eigenvalue weighted by molar-refractivity contribution is 5.95. The molecule has 1 saturated carbocycles. The summed E-state index contributed by atoms with van der Waals surface area (Å²) in [5.74, 6) is 0.827. The van der Waals surface area contributed by atoms with Crippen LogP contribution in [-0.4, -0.2) is 18.9 Å². The van der Waals surface area contributed by atoms with Crippen LogP contribution in [0.15, 0.2) is 42.5 Å². The van der Waals surface area contributed by atoms with E-state index < -0.39 is 0 Å². The molecule has 0 spiro atoms. The standard InChI is InChI=1S/C20H22N2O3/c1-13-3-6-16(11-18(13)25-2)19(23)21-12-14-4-9-17(10-5-14)22-20(24)15-7-8-15/h3-6,9-11,15H,7-8,12H2,1-2H3,(H,21,23)(H,22,24). The first kappa shape index (κ1) is 17.0. The molecule has 5 heteroatoms. The highest BCUT2D eigenvalue weighted by Gasteiger charge is 2.29. The molecule has 0 radical (unpaired) electrons. The van der Waals surface area contributed by atoms with Crippen molar-refractivity contribution < 1.29 is 14.3 Å². The number of rotatable bonds is 6. The molecule has 0 heterocycles. The average molecular weight is 338 g/mol. The van der Waals surface area contributed by atoms with Gasteiger partial charge in [-0.15, -0.1) is 0 Å². The highest BCUT2D eigenvalue weighted by Crippen LogP contribution is 2.30. The van der Waals surface area contributed by atoms with Crippen LogP contribution < -0.4 is 15.4 Å². The lowest BCUT2D eigenvalue weighted by Gasteiger charge is -2.09. The number of amides is 2. The molecule has 0 atom stereocenters. The van der Waals surface area contributed by atoms with Crippen LogP contribution in [0.1, 0.15) is 34.3 Å². The lowest BCUT2D eigenvalue weighted by Crippen LogP contribution is -2.22. The number of benzene rings is 2. The van der Waals surface area contributed by atoms with Gasteiger partial charge in [0.05, 0.1) is 7.11 Å². The molecule has 0 aliphatic heterocycles. The molecule has 0 aromatic heterocycles. The van der Waals surface area contributed by atoms with E-state index in [4.69, 9.17) is 4.74 Å². The maximum absolute atomic E-state index is 12.3. The molecule has 2 aromatic carbocycles. The Bertz CT molecular complexity index is 780. The van der Waals surface area contributed by atoms with Gasteiger partial charge in [-0.1, -0.05) is 18.2 Å². The summed E-state index contributed by atoms with van der Waals surface area (Å²) in [6, 6.07) is 12.9. The Labute approximate surface area is 147 Å². The average Bonchev–Trinajstić information content (AvgIpc) is 3.46. The van der Waals surface area contributed by atoms with E-state index in [1.807, 2.05) is 37.3 Å². The highest BCUT2D eigenvalue weighted by atomic mass is 16.5. The molecule has 2 amide bonds. The van der Waals surface area contributed by atoms with Crippen LogP contribution in [0.3, 0.4) is 0 Å². The minimum atomic E-state index is -0.149. The van der Waals surface area contributed by atoms with Crippen LogP contribution in [0, 0.1) is 12.8 Å². The van der Waals surface area contributed by atoms with Gasteiger partial charge in [0.1, 0.15) is 5.75 Å². The molecule has 0 bridgehead atoms. The summed E-state index contributed by atoms with van der Waals surface area (Å²) in [5, 5.41) is 5.79. The number of carbonyl (C=O) groups is 2. The van der Waals surface area contributed by atoms with E-state index >= 15 is 0 Å². The quantitative estimate of drug-likeness (QED) is 0.849. The second-order valence-corrected chi connectivity index (χ2v) is 6.33. The molecule has 3 rings (SSSR count). The van der Waals surface area contributed by atoms with Crippen molar-refractivity contribution in [2.45, 2.75) is 26.3 Å². The predicted molar refractivity (Wildman–Crippen MR) is 96.7 cm³/mol. The second kappa shape index (κ2) is 7.38. The van der Waals surface area contributed by atoms with E-state index in [0.29, 0.717) is 17.9 Å². The maximum atomic E-state index is 12.3. The van der Waals surface area contributed by atoms with Gasteiger partial charge in [-0.2, -0.15) is 0 Å². The zero-order valence-corrected chi connectivity index (χ0v) is 14.5. The minimum Gasteiger partial charge on any atom is -0.496 e. The summed E-state index contributed by atoms with van der Waals surface area (Å²) < 4.78 is 5.25. The molecule has 0 saturated heterocycles. The largest absolute Gasteiger partial charge is 0.496 e. The van der Waals surface area contributed by atoms with Gasteiger partial charge in [0.2, 0.25) is 5.91 Å². The monoisotopic (exact) mass is 338 g/mol. The van der Waals surface area contributed by atoms with E-state index in [-0.39, 0.29) is 17.7 Å². The summed E-state index contributed by atoms with van der Waals surface area (Å²) >= 11 is 0. The Kier molecular flexibility index (Phi) is 5.03. The Morgan fingerprint density at radius 2 is 1.84 bits per heavy atom. The number of ether oxygens (including phenoxy) is 1. The lowest BCUT2D eigenvalue weighted by atomic mass is 10.1. The zero-order chi connectivity index (χ0) is 17.8. The summed E-state index contributed by atoms with van der Waals surface area (Å²) in [6.07, 6.45) is 1.97. The molecular formula is C20H22N2O3. The Balaban J connectivity index is 1.55. The third-order valence-corrected chi connectivity index (χ3v) is 4.29. The van der Waals surface area contributed by atoms with Gasteiger partial charge < -0.3 is 15.4 Å². The Morgan fingerprint density at radius 3 is 2.48 bits per heavy atom. The van der Waals surface area contributed by atoms with E-state index in [0.717, 1.165) is 29.7 Å².